The number of likely N-dealkylation sites (N-methyl/N-ethyl adjacent to an activating group) is 1. The lowest BCUT2D eigenvalue weighted by molar-refractivity contribution is -0.120. The molecule has 6 heteroatoms. The van der Waals surface area contributed by atoms with Gasteiger partial charge in [-0.15, -0.1) is 11.8 Å². The number of carbonyl (C=O) groups excluding carboxylic acids is 1. The number of carbonyl (C=O) groups is 1. The quantitative estimate of drug-likeness (QED) is 0.773. The van der Waals surface area contributed by atoms with Crippen molar-refractivity contribution in [3.63, 3.8) is 0 Å². The molecular formula is C16H24N2O3S. The molecule has 1 saturated heterocycles. The fraction of sp³-hybridized carbons (Fsp3) is 0.562. The van der Waals surface area contributed by atoms with E-state index in [9.17, 15) is 4.79 Å². The minimum absolute atomic E-state index is 0.0397. The average Bonchev–Trinajstić information content (AvgIpc) is 2.85. The molecule has 1 heterocycles. The van der Waals surface area contributed by atoms with Crippen LogP contribution in [0.3, 0.4) is 0 Å². The van der Waals surface area contributed by atoms with E-state index in [4.69, 9.17) is 9.47 Å². The van der Waals surface area contributed by atoms with E-state index >= 15 is 0 Å². The monoisotopic (exact) mass is 324 g/mol. The Balaban J connectivity index is 1.82. The number of rotatable bonds is 7. The number of thioether (sulfide) groups is 1. The number of likely N-dealkylation sites (tertiary alicyclic amines) is 1. The van der Waals surface area contributed by atoms with Gasteiger partial charge in [-0.25, -0.2) is 0 Å². The summed E-state index contributed by atoms with van der Waals surface area (Å²) < 4.78 is 10.9. The standard InChI is InChI=1S/C16H24N2O3S/c1-4-21-15-10-18(2)9-14(15)17-16(19)11-22-13-7-5-6-12(8-13)20-3/h5-8,14-15H,4,9-11H2,1-3H3,(H,17,19)/t14-,15-/m1/s1. The van der Waals surface area contributed by atoms with Gasteiger partial charge in [0, 0.05) is 24.6 Å². The van der Waals surface area contributed by atoms with Gasteiger partial charge in [0.15, 0.2) is 0 Å². The molecule has 1 N–H and O–H groups in total. The van der Waals surface area contributed by atoms with Gasteiger partial charge in [0.2, 0.25) is 5.91 Å². The number of methoxy groups -OCH3 is 1. The fourth-order valence-electron chi connectivity index (χ4n) is 2.57. The zero-order chi connectivity index (χ0) is 15.9. The molecular weight excluding hydrogens is 300 g/mol. The Kier molecular flexibility index (Phi) is 6.54. The Hall–Kier alpha value is -1.24. The number of hydrogen-bond acceptors (Lipinski definition) is 5. The second-order valence-electron chi connectivity index (χ2n) is 5.36. The van der Waals surface area contributed by atoms with E-state index in [1.54, 1.807) is 7.11 Å². The van der Waals surface area contributed by atoms with Gasteiger partial charge < -0.3 is 19.7 Å². The van der Waals surface area contributed by atoms with Gasteiger partial charge in [-0.3, -0.25) is 4.79 Å². The highest BCUT2D eigenvalue weighted by Crippen LogP contribution is 2.22. The smallest absolute Gasteiger partial charge is 0.230 e. The molecule has 1 amide bonds. The maximum Gasteiger partial charge on any atom is 0.230 e. The van der Waals surface area contributed by atoms with Crippen LogP contribution in [-0.4, -0.2) is 62.6 Å². The minimum atomic E-state index is 0.0397. The summed E-state index contributed by atoms with van der Waals surface area (Å²) in [6.07, 6.45) is 0.0840. The third kappa shape index (κ3) is 4.90. The Morgan fingerprint density at radius 2 is 2.27 bits per heavy atom. The summed E-state index contributed by atoms with van der Waals surface area (Å²) in [5.41, 5.74) is 0. The molecule has 2 atom stereocenters. The molecule has 0 saturated carbocycles. The van der Waals surface area contributed by atoms with Crippen LogP contribution >= 0.6 is 11.8 Å². The fourth-order valence-corrected chi connectivity index (χ4v) is 3.33. The van der Waals surface area contributed by atoms with E-state index in [-0.39, 0.29) is 18.1 Å². The van der Waals surface area contributed by atoms with Crippen molar-refractivity contribution < 1.29 is 14.3 Å². The summed E-state index contributed by atoms with van der Waals surface area (Å²) in [5, 5.41) is 3.09. The van der Waals surface area contributed by atoms with E-state index in [1.165, 1.54) is 11.8 Å². The van der Waals surface area contributed by atoms with E-state index in [0.29, 0.717) is 12.4 Å². The highest BCUT2D eigenvalue weighted by Gasteiger charge is 2.32. The highest BCUT2D eigenvalue weighted by atomic mass is 32.2. The molecule has 0 unspecified atom stereocenters. The summed E-state index contributed by atoms with van der Waals surface area (Å²) in [4.78, 5) is 15.4. The van der Waals surface area contributed by atoms with Gasteiger partial charge in [0.1, 0.15) is 5.75 Å². The lowest BCUT2D eigenvalue weighted by Gasteiger charge is -2.19. The molecule has 1 fully saturated rings. The Morgan fingerprint density at radius 3 is 3.00 bits per heavy atom. The van der Waals surface area contributed by atoms with Crippen LogP contribution < -0.4 is 10.1 Å². The van der Waals surface area contributed by atoms with Gasteiger partial charge in [-0.05, 0) is 32.2 Å². The zero-order valence-corrected chi connectivity index (χ0v) is 14.2. The average molecular weight is 324 g/mol. The van der Waals surface area contributed by atoms with Gasteiger partial charge in [-0.1, -0.05) is 6.07 Å². The van der Waals surface area contributed by atoms with Crippen molar-refractivity contribution >= 4 is 17.7 Å². The topological polar surface area (TPSA) is 50.8 Å². The lowest BCUT2D eigenvalue weighted by Crippen LogP contribution is -2.44. The Labute approximate surface area is 136 Å². The number of nitrogens with one attached hydrogen (secondary N) is 1. The molecule has 2 rings (SSSR count). The minimum Gasteiger partial charge on any atom is -0.497 e. The summed E-state index contributed by atoms with van der Waals surface area (Å²) in [6.45, 7) is 4.35. The first-order valence-electron chi connectivity index (χ1n) is 7.48. The first-order chi connectivity index (χ1) is 10.6. The lowest BCUT2D eigenvalue weighted by atomic mass is 10.2. The SMILES string of the molecule is CCO[C@@H]1CN(C)C[C@H]1NC(=O)CSc1cccc(OC)c1. The molecule has 0 aliphatic carbocycles. The first kappa shape index (κ1) is 17.1. The van der Waals surface area contributed by atoms with Crippen LogP contribution in [0.25, 0.3) is 0 Å². The van der Waals surface area contributed by atoms with Crippen molar-refractivity contribution in [3.8, 4) is 5.75 Å². The summed E-state index contributed by atoms with van der Waals surface area (Å²) in [7, 11) is 3.68. The molecule has 0 radical (unpaired) electrons. The molecule has 1 aliphatic rings. The number of nitrogens with zero attached hydrogens (tertiary/aromatic N) is 1. The number of hydrogen-bond donors (Lipinski definition) is 1. The molecule has 22 heavy (non-hydrogen) atoms. The van der Waals surface area contributed by atoms with Crippen LogP contribution in [-0.2, 0) is 9.53 Å². The maximum absolute atomic E-state index is 12.1. The molecule has 1 aliphatic heterocycles. The van der Waals surface area contributed by atoms with E-state index < -0.39 is 0 Å². The molecule has 0 bridgehead atoms. The molecule has 122 valence electrons. The van der Waals surface area contributed by atoms with Crippen molar-refractivity contribution in [1.29, 1.82) is 0 Å². The second kappa shape index (κ2) is 8.41. The van der Waals surface area contributed by atoms with Crippen LogP contribution in [0.1, 0.15) is 6.92 Å². The van der Waals surface area contributed by atoms with Crippen molar-refractivity contribution in [3.05, 3.63) is 24.3 Å². The maximum atomic E-state index is 12.1. The Bertz CT molecular complexity index is 498. The Morgan fingerprint density at radius 1 is 1.45 bits per heavy atom. The van der Waals surface area contributed by atoms with Gasteiger partial charge in [0.05, 0.1) is 25.0 Å². The summed E-state index contributed by atoms with van der Waals surface area (Å²) in [5.74, 6) is 1.24. The number of amides is 1. The molecule has 0 spiro atoms. The van der Waals surface area contributed by atoms with E-state index in [0.717, 1.165) is 23.7 Å². The van der Waals surface area contributed by atoms with Crippen molar-refractivity contribution in [1.82, 2.24) is 10.2 Å². The third-order valence-electron chi connectivity index (χ3n) is 3.59. The predicted octanol–water partition coefficient (Wildman–Crippen LogP) is 1.62. The second-order valence-corrected chi connectivity index (χ2v) is 6.41. The third-order valence-corrected chi connectivity index (χ3v) is 4.58. The van der Waals surface area contributed by atoms with E-state index in [2.05, 4.69) is 10.2 Å². The van der Waals surface area contributed by atoms with Crippen molar-refractivity contribution in [2.24, 2.45) is 0 Å². The van der Waals surface area contributed by atoms with Gasteiger partial charge in [-0.2, -0.15) is 0 Å². The van der Waals surface area contributed by atoms with Gasteiger partial charge in [0.25, 0.3) is 0 Å². The largest absolute Gasteiger partial charge is 0.497 e. The van der Waals surface area contributed by atoms with Crippen molar-refractivity contribution in [2.45, 2.75) is 24.0 Å². The first-order valence-corrected chi connectivity index (χ1v) is 8.47. The van der Waals surface area contributed by atoms with Crippen LogP contribution in [0, 0.1) is 0 Å². The van der Waals surface area contributed by atoms with Crippen LogP contribution in [0.5, 0.6) is 5.75 Å². The number of benzene rings is 1. The molecule has 1 aromatic rings. The number of ether oxygens (including phenoxy) is 2. The normalized spacial score (nSPS) is 21.8. The molecule has 5 nitrogen and oxygen atoms in total. The summed E-state index contributed by atoms with van der Waals surface area (Å²) >= 11 is 1.51. The molecule has 1 aromatic carbocycles. The summed E-state index contributed by atoms with van der Waals surface area (Å²) in [6, 6.07) is 7.81. The van der Waals surface area contributed by atoms with E-state index in [1.807, 2.05) is 38.2 Å². The van der Waals surface area contributed by atoms with Crippen LogP contribution in [0.15, 0.2) is 29.2 Å². The predicted molar refractivity (Wildman–Crippen MR) is 88.6 cm³/mol. The zero-order valence-electron chi connectivity index (χ0n) is 13.4. The van der Waals surface area contributed by atoms with Gasteiger partial charge >= 0.3 is 0 Å². The molecule has 0 aromatic heterocycles. The van der Waals surface area contributed by atoms with Crippen LogP contribution in [0.2, 0.25) is 0 Å². The van der Waals surface area contributed by atoms with Crippen molar-refractivity contribution in [2.75, 3.05) is 39.6 Å². The highest BCUT2D eigenvalue weighted by molar-refractivity contribution is 8.00. The van der Waals surface area contributed by atoms with Crippen LogP contribution in [0.4, 0.5) is 0 Å².